The summed E-state index contributed by atoms with van der Waals surface area (Å²) in [5.74, 6) is 5.59. The van der Waals surface area contributed by atoms with Gasteiger partial charge in [0.05, 0.1) is 25.0 Å². The molecule has 0 aliphatic carbocycles. The minimum absolute atomic E-state index is 0.288. The van der Waals surface area contributed by atoms with Crippen LogP contribution in [0, 0.1) is 11.8 Å². The van der Waals surface area contributed by atoms with E-state index in [1.54, 1.807) is 40.7 Å². The van der Waals surface area contributed by atoms with Crippen molar-refractivity contribution in [3.63, 3.8) is 0 Å². The molecule has 1 unspecified atom stereocenters. The van der Waals surface area contributed by atoms with Crippen LogP contribution in [0.25, 0.3) is 0 Å². The van der Waals surface area contributed by atoms with Crippen LogP contribution in [-0.4, -0.2) is 73.6 Å². The number of nitrogens with zero attached hydrogens (tertiary/aromatic N) is 1. The fraction of sp³-hybridized carbons (Fsp3) is 0.682. The zero-order valence-electron chi connectivity index (χ0n) is 21.9. The van der Waals surface area contributed by atoms with Gasteiger partial charge in [0.1, 0.15) is 6.23 Å². The lowest BCUT2D eigenvalue weighted by molar-refractivity contribution is -0.0841. The summed E-state index contributed by atoms with van der Waals surface area (Å²) >= 11 is 0. The van der Waals surface area contributed by atoms with Crippen LogP contribution in [0.2, 0.25) is 0 Å². The maximum absolute atomic E-state index is 13.3. The topological polar surface area (TPSA) is 183 Å². The van der Waals surface area contributed by atoms with Gasteiger partial charge < -0.3 is 34.7 Å². The standard InChI is InChI=1S/C22H34N3O12P/c1-6-9-22(10-7-18(37-22)25-11-8-17(23)24-19(25)26)12-32-38(29,33-13-30-20(27)35-15(2)3)34-14-31-21(28)36-16(4)5/h8,11,15-18H,7,10,12-14,23H2,1-5H3,(H,24,26)/t17?,18-,22+/m1/s1. The SMILES string of the molecule is CC#C[C@@]1(COP(=O)(OCOC(=O)OC(C)C)OCOC(=O)OC(C)C)CC[C@H](N2C=CC(N)NC2=O)O1. The Labute approximate surface area is 220 Å². The Morgan fingerprint density at radius 1 is 1.16 bits per heavy atom. The molecule has 0 aromatic carbocycles. The highest BCUT2D eigenvalue weighted by Crippen LogP contribution is 2.51. The van der Waals surface area contributed by atoms with E-state index >= 15 is 0 Å². The number of carbonyl (C=O) groups is 3. The molecule has 2 heterocycles. The molecule has 16 heteroatoms. The number of nitrogens with two attached hydrogens (primary N) is 1. The van der Waals surface area contributed by atoms with Crippen molar-refractivity contribution in [2.75, 3.05) is 20.2 Å². The van der Waals surface area contributed by atoms with Gasteiger partial charge in [-0.05, 0) is 53.5 Å². The quantitative estimate of drug-likeness (QED) is 0.153. The van der Waals surface area contributed by atoms with Gasteiger partial charge in [-0.25, -0.2) is 28.0 Å². The maximum Gasteiger partial charge on any atom is 0.510 e. The third-order valence-electron chi connectivity index (χ3n) is 4.69. The van der Waals surface area contributed by atoms with Gasteiger partial charge in [0, 0.05) is 6.20 Å². The second-order valence-electron chi connectivity index (χ2n) is 8.54. The Morgan fingerprint density at radius 3 is 2.24 bits per heavy atom. The zero-order valence-corrected chi connectivity index (χ0v) is 22.8. The van der Waals surface area contributed by atoms with Crippen LogP contribution in [0.3, 0.4) is 0 Å². The van der Waals surface area contributed by atoms with Crippen molar-refractivity contribution in [3.05, 3.63) is 12.3 Å². The number of carbonyl (C=O) groups excluding carboxylic acids is 3. The van der Waals surface area contributed by atoms with Crippen molar-refractivity contribution in [3.8, 4) is 11.8 Å². The van der Waals surface area contributed by atoms with E-state index in [9.17, 15) is 18.9 Å². The molecule has 0 radical (unpaired) electrons. The lowest BCUT2D eigenvalue weighted by Gasteiger charge is -2.32. The Hall–Kier alpha value is -2.86. The lowest BCUT2D eigenvalue weighted by Crippen LogP contribution is -2.53. The summed E-state index contributed by atoms with van der Waals surface area (Å²) in [6, 6.07) is -0.459. The number of nitrogens with one attached hydrogen (secondary N) is 1. The molecule has 3 N–H and O–H groups in total. The first-order chi connectivity index (χ1) is 17.9. The molecule has 3 atom stereocenters. The average Bonchev–Trinajstić information content (AvgIpc) is 3.21. The number of hydrogen-bond acceptors (Lipinski definition) is 13. The van der Waals surface area contributed by atoms with Crippen molar-refractivity contribution >= 4 is 26.2 Å². The summed E-state index contributed by atoms with van der Waals surface area (Å²) in [6.07, 6.45) is -0.680. The van der Waals surface area contributed by atoms with Gasteiger partial charge >= 0.3 is 26.2 Å². The van der Waals surface area contributed by atoms with Crippen LogP contribution in [0.1, 0.15) is 47.5 Å². The molecular formula is C22H34N3O12P. The molecule has 2 amide bonds. The maximum atomic E-state index is 13.3. The van der Waals surface area contributed by atoms with E-state index < -0.39 is 76.6 Å². The molecule has 0 aromatic heterocycles. The highest BCUT2D eigenvalue weighted by Gasteiger charge is 2.45. The predicted octanol–water partition coefficient (Wildman–Crippen LogP) is 2.90. The molecule has 38 heavy (non-hydrogen) atoms. The zero-order chi connectivity index (χ0) is 28.3. The smallest absolute Gasteiger partial charge is 0.432 e. The van der Waals surface area contributed by atoms with E-state index in [0.717, 1.165) is 0 Å². The van der Waals surface area contributed by atoms with Gasteiger partial charge in [0.15, 0.2) is 5.60 Å². The molecule has 2 aliphatic rings. The molecular weight excluding hydrogens is 529 g/mol. The Bertz CT molecular complexity index is 946. The number of amides is 2. The number of rotatable bonds is 12. The van der Waals surface area contributed by atoms with E-state index in [1.165, 1.54) is 11.1 Å². The molecule has 1 saturated heterocycles. The first-order valence-corrected chi connectivity index (χ1v) is 13.2. The Kier molecular flexibility index (Phi) is 11.8. The molecule has 2 aliphatic heterocycles. The van der Waals surface area contributed by atoms with Crippen molar-refractivity contribution in [1.82, 2.24) is 10.2 Å². The van der Waals surface area contributed by atoms with Gasteiger partial charge in [-0.2, -0.15) is 0 Å². The first-order valence-electron chi connectivity index (χ1n) is 11.7. The minimum Gasteiger partial charge on any atom is -0.432 e. The highest BCUT2D eigenvalue weighted by atomic mass is 31.2. The Balaban J connectivity index is 2.07. The molecule has 214 valence electrons. The average molecular weight is 563 g/mol. The van der Waals surface area contributed by atoms with Crippen LogP contribution >= 0.6 is 7.82 Å². The normalized spacial score (nSPS) is 23.1. The van der Waals surface area contributed by atoms with E-state index in [0.29, 0.717) is 6.42 Å². The summed E-state index contributed by atoms with van der Waals surface area (Å²) in [4.78, 5) is 36.8. The van der Waals surface area contributed by atoms with Gasteiger partial charge in [-0.1, -0.05) is 5.92 Å². The minimum atomic E-state index is -4.53. The molecule has 0 saturated carbocycles. The first kappa shape index (κ1) is 31.4. The molecule has 0 aromatic rings. The summed E-state index contributed by atoms with van der Waals surface area (Å²) < 4.78 is 53.9. The monoisotopic (exact) mass is 563 g/mol. The summed E-state index contributed by atoms with van der Waals surface area (Å²) in [5, 5.41) is 2.55. The van der Waals surface area contributed by atoms with Crippen LogP contribution < -0.4 is 11.1 Å². The Morgan fingerprint density at radius 2 is 1.74 bits per heavy atom. The third kappa shape index (κ3) is 10.1. The highest BCUT2D eigenvalue weighted by molar-refractivity contribution is 7.48. The summed E-state index contributed by atoms with van der Waals surface area (Å²) in [6.45, 7) is 5.82. The van der Waals surface area contributed by atoms with Crippen LogP contribution in [0.5, 0.6) is 0 Å². The van der Waals surface area contributed by atoms with Gasteiger partial charge in [0.2, 0.25) is 13.6 Å². The van der Waals surface area contributed by atoms with E-state index in [1.807, 2.05) is 0 Å². The van der Waals surface area contributed by atoms with Crippen molar-refractivity contribution < 1.29 is 56.2 Å². The largest absolute Gasteiger partial charge is 0.510 e. The molecule has 15 nitrogen and oxygen atoms in total. The van der Waals surface area contributed by atoms with E-state index in [2.05, 4.69) is 17.2 Å². The van der Waals surface area contributed by atoms with Crippen molar-refractivity contribution in [2.24, 2.45) is 5.73 Å². The number of phosphoric ester groups is 1. The fourth-order valence-electron chi connectivity index (χ4n) is 3.16. The molecule has 0 bridgehead atoms. The molecule has 0 spiro atoms. The number of ether oxygens (including phenoxy) is 5. The third-order valence-corrected chi connectivity index (χ3v) is 5.98. The van der Waals surface area contributed by atoms with Crippen molar-refractivity contribution in [2.45, 2.75) is 77.7 Å². The van der Waals surface area contributed by atoms with Crippen molar-refractivity contribution in [1.29, 1.82) is 0 Å². The van der Waals surface area contributed by atoms with Gasteiger partial charge in [0.25, 0.3) is 0 Å². The fourth-order valence-corrected chi connectivity index (χ4v) is 4.12. The summed E-state index contributed by atoms with van der Waals surface area (Å²) in [5.41, 5.74) is 4.38. The molecule has 1 fully saturated rings. The summed E-state index contributed by atoms with van der Waals surface area (Å²) in [7, 11) is -4.53. The number of hydrogen-bond donors (Lipinski definition) is 2. The van der Waals surface area contributed by atoms with Gasteiger partial charge in [-0.3, -0.25) is 9.42 Å². The van der Waals surface area contributed by atoms with E-state index in [-0.39, 0.29) is 6.42 Å². The van der Waals surface area contributed by atoms with Crippen LogP contribution in [0.4, 0.5) is 14.4 Å². The second-order valence-corrected chi connectivity index (χ2v) is 10.2. The number of phosphoric acid groups is 1. The van der Waals surface area contributed by atoms with E-state index in [4.69, 9.17) is 43.0 Å². The van der Waals surface area contributed by atoms with Gasteiger partial charge in [-0.15, -0.1) is 5.92 Å². The lowest BCUT2D eigenvalue weighted by atomic mass is 10.0. The second kappa shape index (κ2) is 14.3. The number of urea groups is 1. The van der Waals surface area contributed by atoms with Crippen LogP contribution in [-0.2, 0) is 41.8 Å². The predicted molar refractivity (Wildman–Crippen MR) is 129 cm³/mol. The van der Waals surface area contributed by atoms with Crippen LogP contribution in [0.15, 0.2) is 12.3 Å². The molecule has 2 rings (SSSR count).